The van der Waals surface area contributed by atoms with Crippen molar-refractivity contribution in [3.63, 3.8) is 0 Å². The van der Waals surface area contributed by atoms with Gasteiger partial charge in [-0.15, -0.1) is 0 Å². The largest absolute Gasteiger partial charge is 0.448 e. The Morgan fingerprint density at radius 2 is 2.33 bits per heavy atom. The predicted octanol–water partition coefficient (Wildman–Crippen LogP) is 0.484. The van der Waals surface area contributed by atoms with Crippen LogP contribution in [0.15, 0.2) is 0 Å². The van der Waals surface area contributed by atoms with Crippen LogP contribution in [0.25, 0.3) is 0 Å². The molecule has 0 radical (unpaired) electrons. The highest BCUT2D eigenvalue weighted by molar-refractivity contribution is 5.67. The maximum Gasteiger partial charge on any atom is 0.407 e. The topological polar surface area (TPSA) is 50.4 Å². The van der Waals surface area contributed by atoms with E-state index >= 15 is 0 Å². The molecule has 70 valence electrons. The molecular weight excluding hydrogens is 156 g/mol. The number of rotatable bonds is 5. The Kier molecular flexibility index (Phi) is 3.87. The van der Waals surface area contributed by atoms with Crippen molar-refractivity contribution in [3.8, 4) is 0 Å². The van der Waals surface area contributed by atoms with Crippen molar-refractivity contribution in [1.82, 2.24) is 10.6 Å². The fourth-order valence-corrected chi connectivity index (χ4v) is 0.829. The molecule has 0 aromatic carbocycles. The Balaban J connectivity index is 1.87. The SMILES string of the molecule is CCNCCOC(=O)NC1CC1. The Bertz CT molecular complexity index is 146. The highest BCUT2D eigenvalue weighted by Gasteiger charge is 2.23. The Hall–Kier alpha value is -0.770. The number of nitrogens with one attached hydrogen (secondary N) is 2. The zero-order valence-corrected chi connectivity index (χ0v) is 7.43. The summed E-state index contributed by atoms with van der Waals surface area (Å²) < 4.78 is 4.88. The number of amides is 1. The molecule has 0 spiro atoms. The summed E-state index contributed by atoms with van der Waals surface area (Å²) in [7, 11) is 0. The van der Waals surface area contributed by atoms with Crippen molar-refractivity contribution in [2.45, 2.75) is 25.8 Å². The zero-order chi connectivity index (χ0) is 8.81. The van der Waals surface area contributed by atoms with E-state index in [1.807, 2.05) is 6.92 Å². The molecule has 0 aromatic rings. The van der Waals surface area contributed by atoms with Crippen molar-refractivity contribution in [2.75, 3.05) is 19.7 Å². The molecule has 0 atom stereocenters. The summed E-state index contributed by atoms with van der Waals surface area (Å²) in [5.41, 5.74) is 0. The van der Waals surface area contributed by atoms with Gasteiger partial charge in [-0.05, 0) is 19.4 Å². The minimum atomic E-state index is -0.282. The maximum absolute atomic E-state index is 10.9. The van der Waals surface area contributed by atoms with Gasteiger partial charge in [-0.25, -0.2) is 4.79 Å². The molecule has 0 aromatic heterocycles. The van der Waals surface area contributed by atoms with Crippen molar-refractivity contribution in [2.24, 2.45) is 0 Å². The van der Waals surface area contributed by atoms with E-state index in [0.29, 0.717) is 12.6 Å². The summed E-state index contributed by atoms with van der Waals surface area (Å²) in [6.07, 6.45) is 1.92. The van der Waals surface area contributed by atoms with Gasteiger partial charge in [0.2, 0.25) is 0 Å². The first-order valence-electron chi connectivity index (χ1n) is 4.47. The van der Waals surface area contributed by atoms with Crippen LogP contribution in [0, 0.1) is 0 Å². The Labute approximate surface area is 72.7 Å². The summed E-state index contributed by atoms with van der Waals surface area (Å²) >= 11 is 0. The van der Waals surface area contributed by atoms with Crippen LogP contribution in [0.5, 0.6) is 0 Å². The molecule has 0 aliphatic heterocycles. The minimum Gasteiger partial charge on any atom is -0.448 e. The van der Waals surface area contributed by atoms with Crippen LogP contribution in [0.1, 0.15) is 19.8 Å². The molecule has 0 heterocycles. The fraction of sp³-hybridized carbons (Fsp3) is 0.875. The maximum atomic E-state index is 10.9. The van der Waals surface area contributed by atoms with E-state index in [0.717, 1.165) is 25.9 Å². The lowest BCUT2D eigenvalue weighted by Crippen LogP contribution is -2.29. The second-order valence-electron chi connectivity index (χ2n) is 2.91. The summed E-state index contributed by atoms with van der Waals surface area (Å²) in [5.74, 6) is 0. The van der Waals surface area contributed by atoms with Crippen molar-refractivity contribution in [3.05, 3.63) is 0 Å². The highest BCUT2D eigenvalue weighted by Crippen LogP contribution is 2.18. The van der Waals surface area contributed by atoms with Gasteiger partial charge in [0.05, 0.1) is 0 Å². The average Bonchev–Trinajstić information content (AvgIpc) is 2.82. The lowest BCUT2D eigenvalue weighted by atomic mass is 10.6. The van der Waals surface area contributed by atoms with E-state index in [1.165, 1.54) is 0 Å². The molecule has 12 heavy (non-hydrogen) atoms. The van der Waals surface area contributed by atoms with Crippen molar-refractivity contribution >= 4 is 6.09 Å². The Morgan fingerprint density at radius 1 is 1.58 bits per heavy atom. The van der Waals surface area contributed by atoms with Gasteiger partial charge in [0.1, 0.15) is 6.61 Å². The molecule has 4 nitrogen and oxygen atoms in total. The van der Waals surface area contributed by atoms with Crippen LogP contribution in [-0.4, -0.2) is 31.8 Å². The molecule has 1 saturated carbocycles. The van der Waals surface area contributed by atoms with Crippen LogP contribution in [-0.2, 0) is 4.74 Å². The van der Waals surface area contributed by atoms with E-state index in [2.05, 4.69) is 10.6 Å². The third kappa shape index (κ3) is 4.18. The van der Waals surface area contributed by atoms with Crippen LogP contribution >= 0.6 is 0 Å². The van der Waals surface area contributed by atoms with Gasteiger partial charge in [0.15, 0.2) is 0 Å². The average molecular weight is 172 g/mol. The van der Waals surface area contributed by atoms with Crippen LogP contribution in [0.4, 0.5) is 4.79 Å². The molecule has 1 amide bonds. The van der Waals surface area contributed by atoms with Crippen molar-refractivity contribution in [1.29, 1.82) is 0 Å². The molecule has 2 N–H and O–H groups in total. The third-order valence-corrected chi connectivity index (χ3v) is 1.66. The molecule has 1 aliphatic carbocycles. The van der Waals surface area contributed by atoms with E-state index in [-0.39, 0.29) is 6.09 Å². The fourth-order valence-electron chi connectivity index (χ4n) is 0.829. The lowest BCUT2D eigenvalue weighted by Gasteiger charge is -2.05. The van der Waals surface area contributed by atoms with E-state index in [9.17, 15) is 4.79 Å². The first kappa shape index (κ1) is 9.32. The summed E-state index contributed by atoms with van der Waals surface area (Å²) in [4.78, 5) is 10.9. The molecule has 0 saturated heterocycles. The van der Waals surface area contributed by atoms with E-state index in [4.69, 9.17) is 4.74 Å². The number of likely N-dealkylation sites (N-methyl/N-ethyl adjacent to an activating group) is 1. The van der Waals surface area contributed by atoms with Gasteiger partial charge >= 0.3 is 6.09 Å². The van der Waals surface area contributed by atoms with Crippen LogP contribution < -0.4 is 10.6 Å². The van der Waals surface area contributed by atoms with Gasteiger partial charge in [0.25, 0.3) is 0 Å². The molecular formula is C8H16N2O2. The van der Waals surface area contributed by atoms with Crippen LogP contribution in [0.2, 0.25) is 0 Å². The van der Waals surface area contributed by atoms with Gasteiger partial charge < -0.3 is 15.4 Å². The monoisotopic (exact) mass is 172 g/mol. The highest BCUT2D eigenvalue weighted by atomic mass is 16.5. The normalized spacial score (nSPS) is 15.8. The lowest BCUT2D eigenvalue weighted by molar-refractivity contribution is 0.146. The van der Waals surface area contributed by atoms with Gasteiger partial charge in [-0.2, -0.15) is 0 Å². The molecule has 0 bridgehead atoms. The second kappa shape index (κ2) is 4.98. The van der Waals surface area contributed by atoms with Gasteiger partial charge in [0, 0.05) is 12.6 Å². The smallest absolute Gasteiger partial charge is 0.407 e. The molecule has 0 unspecified atom stereocenters. The van der Waals surface area contributed by atoms with Gasteiger partial charge in [-0.1, -0.05) is 6.92 Å². The predicted molar refractivity (Wildman–Crippen MR) is 46.0 cm³/mol. The number of hydrogen-bond acceptors (Lipinski definition) is 3. The number of carbonyl (C=O) groups is 1. The molecule has 1 fully saturated rings. The summed E-state index contributed by atoms with van der Waals surface area (Å²) in [5, 5.41) is 5.81. The molecule has 4 heteroatoms. The first-order valence-corrected chi connectivity index (χ1v) is 4.47. The number of carbonyl (C=O) groups excluding carboxylic acids is 1. The Morgan fingerprint density at radius 3 is 2.92 bits per heavy atom. The first-order chi connectivity index (χ1) is 5.83. The molecule has 1 aliphatic rings. The number of ether oxygens (including phenoxy) is 1. The quantitative estimate of drug-likeness (QED) is 0.593. The molecule has 1 rings (SSSR count). The third-order valence-electron chi connectivity index (χ3n) is 1.66. The standard InChI is InChI=1S/C8H16N2O2/c1-2-9-5-6-12-8(11)10-7-3-4-7/h7,9H,2-6H2,1H3,(H,10,11). The van der Waals surface area contributed by atoms with E-state index < -0.39 is 0 Å². The minimum absolute atomic E-state index is 0.282. The van der Waals surface area contributed by atoms with Crippen LogP contribution in [0.3, 0.4) is 0 Å². The van der Waals surface area contributed by atoms with Gasteiger partial charge in [-0.3, -0.25) is 0 Å². The zero-order valence-electron chi connectivity index (χ0n) is 7.43. The van der Waals surface area contributed by atoms with Crippen molar-refractivity contribution < 1.29 is 9.53 Å². The van der Waals surface area contributed by atoms with E-state index in [1.54, 1.807) is 0 Å². The second-order valence-corrected chi connectivity index (χ2v) is 2.91. The number of alkyl carbamates (subject to hydrolysis) is 1. The number of hydrogen-bond donors (Lipinski definition) is 2. The summed E-state index contributed by atoms with van der Waals surface area (Å²) in [6.45, 7) is 4.11. The summed E-state index contributed by atoms with van der Waals surface area (Å²) in [6, 6.07) is 0.386.